The van der Waals surface area contributed by atoms with E-state index in [4.69, 9.17) is 27.1 Å². The first-order valence-corrected chi connectivity index (χ1v) is 5.01. The number of anilines is 1. The molecule has 1 rings (SSSR count). The minimum Gasteiger partial charge on any atom is -0.398 e. The van der Waals surface area contributed by atoms with Gasteiger partial charge in [-0.2, -0.15) is 0 Å². The number of nitrogen functional groups attached to an aromatic ring is 1. The number of benzene rings is 1. The van der Waals surface area contributed by atoms with E-state index in [1.165, 1.54) is 18.2 Å². The fourth-order valence-corrected chi connectivity index (χ4v) is 1.64. The van der Waals surface area contributed by atoms with Gasteiger partial charge in [-0.05, 0) is 18.2 Å². The van der Waals surface area contributed by atoms with Crippen LogP contribution in [0.1, 0.15) is 0 Å². The highest BCUT2D eigenvalue weighted by molar-refractivity contribution is 7.60. The molecule has 4 N–H and O–H groups in total. The quantitative estimate of drug-likeness (QED) is 0.468. The monoisotopic (exact) mass is 207 g/mol. The SMILES string of the molecule is Nc1cc(Cl)ccc1P(=O)(O)O. The van der Waals surface area contributed by atoms with Gasteiger partial charge >= 0.3 is 7.60 Å². The summed E-state index contributed by atoms with van der Waals surface area (Å²) in [5, 5.41) is 0.164. The van der Waals surface area contributed by atoms with Crippen molar-refractivity contribution >= 4 is 30.2 Å². The highest BCUT2D eigenvalue weighted by Crippen LogP contribution is 2.36. The van der Waals surface area contributed by atoms with Gasteiger partial charge < -0.3 is 15.5 Å². The lowest BCUT2D eigenvalue weighted by atomic mass is 10.3. The van der Waals surface area contributed by atoms with Gasteiger partial charge in [0.25, 0.3) is 0 Å². The van der Waals surface area contributed by atoms with Crippen LogP contribution in [0, 0.1) is 0 Å². The summed E-state index contributed by atoms with van der Waals surface area (Å²) in [4.78, 5) is 17.5. The maximum Gasteiger partial charge on any atom is 0.358 e. The molecule has 0 saturated carbocycles. The molecule has 66 valence electrons. The number of hydrogen-bond donors (Lipinski definition) is 3. The zero-order valence-corrected chi connectivity index (χ0v) is 7.59. The van der Waals surface area contributed by atoms with E-state index in [0.29, 0.717) is 5.02 Å². The Balaban J connectivity index is 3.28. The molecule has 0 atom stereocenters. The van der Waals surface area contributed by atoms with E-state index in [2.05, 4.69) is 0 Å². The molecule has 0 heterocycles. The molecule has 0 aliphatic carbocycles. The second-order valence-corrected chi connectivity index (χ2v) is 4.25. The van der Waals surface area contributed by atoms with Gasteiger partial charge in [0.2, 0.25) is 0 Å². The Bertz CT molecular complexity index is 349. The van der Waals surface area contributed by atoms with Crippen molar-refractivity contribution in [2.24, 2.45) is 0 Å². The molecular formula is C6H7ClNO3P. The molecule has 0 radical (unpaired) electrons. The third-order valence-corrected chi connectivity index (χ3v) is 2.57. The van der Waals surface area contributed by atoms with Crippen molar-refractivity contribution in [1.82, 2.24) is 0 Å². The fourth-order valence-electron chi connectivity index (χ4n) is 0.791. The van der Waals surface area contributed by atoms with Gasteiger partial charge in [0.05, 0.1) is 5.30 Å². The summed E-state index contributed by atoms with van der Waals surface area (Å²) in [6, 6.07) is 3.90. The molecule has 0 unspecified atom stereocenters. The van der Waals surface area contributed by atoms with Crippen molar-refractivity contribution in [3.8, 4) is 0 Å². The third-order valence-electron chi connectivity index (χ3n) is 1.30. The molecule has 0 spiro atoms. The van der Waals surface area contributed by atoms with Crippen LogP contribution in [0.2, 0.25) is 5.02 Å². The Morgan fingerprint density at radius 1 is 1.42 bits per heavy atom. The lowest BCUT2D eigenvalue weighted by Gasteiger charge is -2.06. The van der Waals surface area contributed by atoms with Crippen molar-refractivity contribution in [1.29, 1.82) is 0 Å². The Kier molecular flexibility index (Phi) is 2.44. The van der Waals surface area contributed by atoms with Gasteiger partial charge in [-0.25, -0.2) is 0 Å². The van der Waals surface area contributed by atoms with Crippen molar-refractivity contribution in [3.63, 3.8) is 0 Å². The number of nitrogens with two attached hydrogens (primary N) is 1. The number of rotatable bonds is 1. The van der Waals surface area contributed by atoms with Crippen molar-refractivity contribution in [2.45, 2.75) is 0 Å². The number of hydrogen-bond acceptors (Lipinski definition) is 2. The number of halogens is 1. The topological polar surface area (TPSA) is 83.6 Å². The predicted octanol–water partition coefficient (Wildman–Crippen LogP) is 0.725. The average molecular weight is 208 g/mol. The van der Waals surface area contributed by atoms with Crippen LogP contribution >= 0.6 is 19.2 Å². The van der Waals surface area contributed by atoms with E-state index in [1.807, 2.05) is 0 Å². The van der Waals surface area contributed by atoms with Gasteiger partial charge in [0.1, 0.15) is 0 Å². The molecular weight excluding hydrogens is 200 g/mol. The van der Waals surface area contributed by atoms with Crippen LogP contribution < -0.4 is 11.0 Å². The first-order chi connectivity index (χ1) is 5.41. The Morgan fingerprint density at radius 2 is 2.00 bits per heavy atom. The van der Waals surface area contributed by atoms with Crippen LogP contribution in [0.25, 0.3) is 0 Å². The third kappa shape index (κ3) is 1.99. The maximum absolute atomic E-state index is 10.7. The van der Waals surface area contributed by atoms with E-state index < -0.39 is 7.60 Å². The summed E-state index contributed by atoms with van der Waals surface area (Å²) >= 11 is 5.53. The van der Waals surface area contributed by atoms with Crippen LogP contribution in [-0.2, 0) is 4.57 Å². The molecule has 0 saturated heterocycles. The Hall–Kier alpha value is -0.540. The molecule has 1 aromatic carbocycles. The highest BCUT2D eigenvalue weighted by atomic mass is 35.5. The van der Waals surface area contributed by atoms with E-state index >= 15 is 0 Å². The van der Waals surface area contributed by atoms with Gasteiger partial charge in [-0.3, -0.25) is 4.57 Å². The predicted molar refractivity (Wildman–Crippen MR) is 47.5 cm³/mol. The minimum atomic E-state index is -4.26. The molecule has 0 aliphatic rings. The van der Waals surface area contributed by atoms with Crippen LogP contribution in [0.4, 0.5) is 5.69 Å². The lowest BCUT2D eigenvalue weighted by Crippen LogP contribution is -2.09. The summed E-state index contributed by atoms with van der Waals surface area (Å²) in [5.41, 5.74) is 5.34. The van der Waals surface area contributed by atoms with Gasteiger partial charge in [0.15, 0.2) is 0 Å². The first-order valence-electron chi connectivity index (χ1n) is 3.02. The lowest BCUT2D eigenvalue weighted by molar-refractivity contribution is 0.387. The molecule has 0 aromatic heterocycles. The second-order valence-electron chi connectivity index (χ2n) is 2.25. The molecule has 0 fully saturated rings. The van der Waals surface area contributed by atoms with E-state index in [0.717, 1.165) is 0 Å². The van der Waals surface area contributed by atoms with E-state index in [-0.39, 0.29) is 11.0 Å². The standard InChI is InChI=1S/C6H7ClNO3P/c7-4-1-2-6(5(8)3-4)12(9,10)11/h1-3H,8H2,(H2,9,10,11). The summed E-state index contributed by atoms with van der Waals surface area (Å²) in [6.07, 6.45) is 0. The zero-order chi connectivity index (χ0) is 9.35. The Morgan fingerprint density at radius 3 is 2.42 bits per heavy atom. The van der Waals surface area contributed by atoms with E-state index in [1.54, 1.807) is 0 Å². The van der Waals surface area contributed by atoms with Gasteiger partial charge in [-0.1, -0.05) is 11.6 Å². The van der Waals surface area contributed by atoms with Crippen LogP contribution in [0.15, 0.2) is 18.2 Å². The highest BCUT2D eigenvalue weighted by Gasteiger charge is 2.19. The summed E-state index contributed by atoms with van der Waals surface area (Å²) < 4.78 is 10.7. The molecule has 0 amide bonds. The molecule has 4 nitrogen and oxygen atoms in total. The normalized spacial score (nSPS) is 11.6. The Labute approximate surface area is 74.1 Å². The smallest absolute Gasteiger partial charge is 0.358 e. The maximum atomic E-state index is 10.7. The van der Waals surface area contributed by atoms with E-state index in [9.17, 15) is 4.57 Å². The zero-order valence-electron chi connectivity index (χ0n) is 5.94. The van der Waals surface area contributed by atoms with Gasteiger partial charge in [0, 0.05) is 10.7 Å². The average Bonchev–Trinajstić information content (AvgIpc) is 1.83. The van der Waals surface area contributed by atoms with Crippen LogP contribution in [0.5, 0.6) is 0 Å². The largest absolute Gasteiger partial charge is 0.398 e. The molecule has 0 aliphatic heterocycles. The summed E-state index contributed by atoms with van der Waals surface area (Å²) in [7, 11) is -4.26. The first kappa shape index (κ1) is 9.55. The van der Waals surface area contributed by atoms with Crippen molar-refractivity contribution in [2.75, 3.05) is 5.73 Å². The van der Waals surface area contributed by atoms with Crippen LogP contribution in [0.3, 0.4) is 0 Å². The summed E-state index contributed by atoms with van der Waals surface area (Å²) in [6.45, 7) is 0. The fraction of sp³-hybridized carbons (Fsp3) is 0. The summed E-state index contributed by atoms with van der Waals surface area (Å²) in [5.74, 6) is 0. The molecule has 1 aromatic rings. The van der Waals surface area contributed by atoms with Crippen molar-refractivity contribution < 1.29 is 14.4 Å². The van der Waals surface area contributed by atoms with Crippen molar-refractivity contribution in [3.05, 3.63) is 23.2 Å². The van der Waals surface area contributed by atoms with Gasteiger partial charge in [-0.15, -0.1) is 0 Å². The second kappa shape index (κ2) is 3.07. The molecule has 12 heavy (non-hydrogen) atoms. The molecule has 0 bridgehead atoms. The van der Waals surface area contributed by atoms with Crippen LogP contribution in [-0.4, -0.2) is 9.79 Å². The molecule has 6 heteroatoms. The minimum absolute atomic E-state index is 0.0100.